The fourth-order valence-electron chi connectivity index (χ4n) is 9.49. The molecule has 0 bridgehead atoms. The van der Waals surface area contributed by atoms with Crippen molar-refractivity contribution in [3.63, 3.8) is 0 Å². The molecule has 4 heterocycles. The summed E-state index contributed by atoms with van der Waals surface area (Å²) in [5.41, 5.74) is 19.6. The molecule has 0 saturated heterocycles. The molecule has 270 valence electrons. The van der Waals surface area contributed by atoms with Crippen LogP contribution in [0, 0.1) is 0 Å². The minimum Gasteiger partial charge on any atom is -0.455 e. The number of hydrogen-bond acceptors (Lipinski definition) is 5. The first-order valence-corrected chi connectivity index (χ1v) is 20.3. The Balaban J connectivity index is 1.17. The fraction of sp³-hybridized carbons (Fsp3) is 0. The molecule has 0 aliphatic carbocycles. The average molecular weight is 749 g/mol. The van der Waals surface area contributed by atoms with Crippen LogP contribution in [0.4, 0.5) is 0 Å². The average Bonchev–Trinajstić information content (AvgIpc) is 3.96. The van der Waals surface area contributed by atoms with E-state index in [1.165, 1.54) is 54.5 Å². The first kappa shape index (κ1) is 35.6. The van der Waals surface area contributed by atoms with Gasteiger partial charge in [0.05, 0.1) is 0 Å². The van der Waals surface area contributed by atoms with Gasteiger partial charge in [0, 0.05) is 54.8 Å². The molecule has 0 radical (unpaired) electrons. The van der Waals surface area contributed by atoms with Crippen LogP contribution in [0.15, 0.2) is 118 Å². The molecule has 0 fully saturated rings. The number of hydrogen-bond donors (Lipinski definition) is 0. The molecule has 11 aromatic rings. The first-order valence-electron chi connectivity index (χ1n) is 20.3. The van der Waals surface area contributed by atoms with Gasteiger partial charge in [-0.2, -0.15) is 9.97 Å². The second kappa shape index (κ2) is 13.0. The van der Waals surface area contributed by atoms with Crippen LogP contribution in [-0.2, 0) is 0 Å². The van der Waals surface area contributed by atoms with Gasteiger partial charge in [-0.15, -0.1) is 10.9 Å². The maximum Gasteiger partial charge on any atom is 0.238 e. The highest BCUT2D eigenvalue weighted by molar-refractivity contribution is 6.71. The summed E-state index contributed by atoms with van der Waals surface area (Å²) in [6.07, 6.45) is 0. The molecule has 0 saturated carbocycles. The van der Waals surface area contributed by atoms with Gasteiger partial charge in [0.25, 0.3) is 0 Å². The lowest BCUT2D eigenvalue weighted by Gasteiger charge is -2.16. The lowest BCUT2D eigenvalue weighted by molar-refractivity contribution is 0.665. The smallest absolute Gasteiger partial charge is 0.238 e. The molecule has 0 aliphatic rings. The van der Waals surface area contributed by atoms with Crippen LogP contribution in [0.3, 0.4) is 0 Å². The van der Waals surface area contributed by atoms with Gasteiger partial charge in [-0.05, 0) is 29.0 Å². The third-order valence-corrected chi connectivity index (χ3v) is 13.3. The summed E-state index contributed by atoms with van der Waals surface area (Å²) in [4.78, 5) is 15.9. The van der Waals surface area contributed by atoms with Crippen molar-refractivity contribution in [1.82, 2.24) is 19.5 Å². The van der Waals surface area contributed by atoms with E-state index in [0.717, 1.165) is 77.2 Å². The van der Waals surface area contributed by atoms with E-state index < -0.39 is 0 Å². The van der Waals surface area contributed by atoms with E-state index in [9.17, 15) is 0 Å². The highest BCUT2D eigenvalue weighted by atomic mass is 16.3. The Morgan fingerprint density at radius 3 is 1.49 bits per heavy atom. The standard InChI is InChI=1S/C45H34B8N4O2/c46-31-29-30-32(47)34(49)36(51)38(53)40(30)57(39(29)37(52)35(50)33(31)48)45-55-43(19-8-2-1-3-9-19)54-44(56-45)20-16-17-22-24-12-7-14-26(42(24)59-28(22)18-20)25-13-6-11-23-21-10-4-5-15-27(21)58-41(23)25/h1-18H,46-53H2. The number of para-hydroxylation sites is 3. The Labute approximate surface area is 348 Å². The topological polar surface area (TPSA) is 69.9 Å². The predicted molar refractivity (Wildman–Crippen MR) is 270 cm³/mol. The van der Waals surface area contributed by atoms with Crippen LogP contribution in [0.5, 0.6) is 0 Å². The normalized spacial score (nSPS) is 11.9. The minimum atomic E-state index is 0.579. The van der Waals surface area contributed by atoms with Crippen molar-refractivity contribution in [3.05, 3.63) is 109 Å². The third kappa shape index (κ3) is 5.08. The maximum atomic E-state index is 6.84. The Bertz CT molecular complexity index is 3540. The molecule has 0 unspecified atom stereocenters. The van der Waals surface area contributed by atoms with Crippen LogP contribution in [0.25, 0.3) is 106 Å². The third-order valence-electron chi connectivity index (χ3n) is 13.3. The molecule has 59 heavy (non-hydrogen) atoms. The highest BCUT2D eigenvalue weighted by Crippen LogP contribution is 2.41. The molecular formula is C45H34B8N4O2. The van der Waals surface area contributed by atoms with E-state index in [1.54, 1.807) is 0 Å². The summed E-state index contributed by atoms with van der Waals surface area (Å²) in [6, 6.07) is 37.4. The summed E-state index contributed by atoms with van der Waals surface area (Å²) >= 11 is 0. The van der Waals surface area contributed by atoms with Crippen LogP contribution in [-0.4, -0.2) is 82.3 Å². The molecule has 0 N–H and O–H groups in total. The van der Waals surface area contributed by atoms with Crippen molar-refractivity contribution in [2.24, 2.45) is 0 Å². The van der Waals surface area contributed by atoms with Gasteiger partial charge in [0.15, 0.2) is 11.6 Å². The number of rotatable bonds is 4. The zero-order valence-electron chi connectivity index (χ0n) is 34.5. The van der Waals surface area contributed by atoms with E-state index in [0.29, 0.717) is 17.6 Å². The zero-order chi connectivity index (χ0) is 40.4. The maximum absolute atomic E-state index is 6.84. The number of fused-ring (bicyclic) bond motifs is 9. The molecule has 0 spiro atoms. The van der Waals surface area contributed by atoms with Crippen LogP contribution < -0.4 is 43.7 Å². The van der Waals surface area contributed by atoms with Gasteiger partial charge in [0.1, 0.15) is 85.1 Å². The molecule has 0 aliphatic heterocycles. The van der Waals surface area contributed by atoms with E-state index in [-0.39, 0.29) is 0 Å². The molecule has 7 aromatic carbocycles. The quantitative estimate of drug-likeness (QED) is 0.192. The Kier molecular flexibility index (Phi) is 7.84. The van der Waals surface area contributed by atoms with E-state index in [4.69, 9.17) is 23.8 Å². The van der Waals surface area contributed by atoms with Crippen molar-refractivity contribution in [1.29, 1.82) is 0 Å². The largest absolute Gasteiger partial charge is 0.455 e. The van der Waals surface area contributed by atoms with Crippen LogP contribution in [0.1, 0.15) is 0 Å². The summed E-state index contributed by atoms with van der Waals surface area (Å²) < 4.78 is 15.6. The summed E-state index contributed by atoms with van der Waals surface area (Å²) in [5, 5.41) is 6.79. The van der Waals surface area contributed by atoms with Crippen molar-refractivity contribution in [2.75, 3.05) is 0 Å². The second-order valence-corrected chi connectivity index (χ2v) is 16.2. The fourth-order valence-corrected chi connectivity index (χ4v) is 9.49. The summed E-state index contributed by atoms with van der Waals surface area (Å²) in [7, 11) is 17.9. The Hall–Kier alpha value is -6.53. The number of nitrogens with zero attached hydrogens (tertiary/aromatic N) is 4. The van der Waals surface area contributed by atoms with Crippen molar-refractivity contribution in [3.8, 4) is 39.9 Å². The molecule has 11 rings (SSSR count). The van der Waals surface area contributed by atoms with E-state index in [2.05, 4.69) is 146 Å². The van der Waals surface area contributed by atoms with E-state index >= 15 is 0 Å². The van der Waals surface area contributed by atoms with E-state index in [1.807, 2.05) is 30.3 Å². The van der Waals surface area contributed by atoms with Gasteiger partial charge in [-0.3, -0.25) is 4.57 Å². The molecular weight excluding hydrogens is 715 g/mol. The molecule has 4 aromatic heterocycles. The molecule has 0 atom stereocenters. The number of furan rings is 2. The monoisotopic (exact) mass is 750 g/mol. The number of benzene rings is 7. The van der Waals surface area contributed by atoms with Gasteiger partial charge in [-0.1, -0.05) is 124 Å². The second-order valence-electron chi connectivity index (χ2n) is 16.2. The predicted octanol–water partition coefficient (Wildman–Crippen LogP) is -2.16. The lowest BCUT2D eigenvalue weighted by Crippen LogP contribution is -2.49. The first-order chi connectivity index (χ1) is 28.6. The highest BCUT2D eigenvalue weighted by Gasteiger charge is 2.26. The van der Waals surface area contributed by atoms with Gasteiger partial charge in [-0.25, -0.2) is 4.98 Å². The lowest BCUT2D eigenvalue weighted by atomic mass is 9.63. The van der Waals surface area contributed by atoms with Gasteiger partial charge < -0.3 is 8.83 Å². The van der Waals surface area contributed by atoms with Crippen molar-refractivity contribution in [2.45, 2.75) is 0 Å². The zero-order valence-corrected chi connectivity index (χ0v) is 34.5. The number of aromatic nitrogens is 4. The Morgan fingerprint density at radius 1 is 0.390 bits per heavy atom. The summed E-state index contributed by atoms with van der Waals surface area (Å²) in [5.74, 6) is 1.79. The van der Waals surface area contributed by atoms with Crippen LogP contribution >= 0.6 is 0 Å². The van der Waals surface area contributed by atoms with Gasteiger partial charge in [0.2, 0.25) is 5.95 Å². The minimum absolute atomic E-state index is 0.579. The SMILES string of the molecule is Bc1c(B)c(B)c2c(c1B)c1c(B)c(B)c(B)c(B)c1n2-c1nc(-c2ccccc2)nc(-c2ccc3c(c2)oc2c(-c4cccc5c4oc4ccccc45)cccc23)n1. The molecule has 14 heteroatoms. The molecule has 6 nitrogen and oxygen atoms in total. The van der Waals surface area contributed by atoms with Crippen molar-refractivity contribution < 1.29 is 8.83 Å². The Morgan fingerprint density at radius 2 is 0.881 bits per heavy atom. The molecule has 0 amide bonds. The summed E-state index contributed by atoms with van der Waals surface area (Å²) in [6.45, 7) is 0. The van der Waals surface area contributed by atoms with Crippen LogP contribution in [0.2, 0.25) is 0 Å². The van der Waals surface area contributed by atoms with Gasteiger partial charge >= 0.3 is 0 Å². The van der Waals surface area contributed by atoms with Crippen molar-refractivity contribution >= 4 is 172 Å².